The molecule has 2 rings (SSSR count). The molecule has 1 fully saturated rings. The summed E-state index contributed by atoms with van der Waals surface area (Å²) in [5, 5.41) is 2.76. The largest absolute Gasteiger partial charge is 0.444 e. The van der Waals surface area contributed by atoms with E-state index in [1.54, 1.807) is 45.0 Å². The Morgan fingerprint density at radius 1 is 1.29 bits per heavy atom. The molecular weight excluding hydrogens is 333 g/mol. The fraction of sp³-hybridized carbons (Fsp3) is 0.588. The summed E-state index contributed by atoms with van der Waals surface area (Å²) in [6, 6.07) is 8.41. The van der Waals surface area contributed by atoms with Gasteiger partial charge in [0.1, 0.15) is 5.60 Å². The summed E-state index contributed by atoms with van der Waals surface area (Å²) in [5.74, 6) is -0.602. The van der Waals surface area contributed by atoms with E-state index in [4.69, 9.17) is 4.74 Å². The van der Waals surface area contributed by atoms with Crippen LogP contribution in [0.4, 0.5) is 8.68 Å². The van der Waals surface area contributed by atoms with Gasteiger partial charge in [0, 0.05) is 5.41 Å². The predicted molar refractivity (Wildman–Crippen MR) is 89.7 cm³/mol. The fourth-order valence-electron chi connectivity index (χ4n) is 3.15. The van der Waals surface area contributed by atoms with Gasteiger partial charge in [-0.2, -0.15) is 8.42 Å². The van der Waals surface area contributed by atoms with Crippen molar-refractivity contribution in [2.24, 2.45) is 5.41 Å². The second-order valence-electron chi connectivity index (χ2n) is 7.39. The van der Waals surface area contributed by atoms with Crippen LogP contribution in [0.25, 0.3) is 0 Å². The van der Waals surface area contributed by atoms with Gasteiger partial charge in [-0.15, -0.1) is 3.89 Å². The first-order valence-corrected chi connectivity index (χ1v) is 9.53. The molecule has 1 atom stereocenters. The molecule has 1 aromatic carbocycles. The highest BCUT2D eigenvalue weighted by atomic mass is 32.3. The molecule has 1 saturated carbocycles. The molecule has 0 radical (unpaired) electrons. The highest BCUT2D eigenvalue weighted by Gasteiger charge is 2.49. The van der Waals surface area contributed by atoms with Crippen LogP contribution in [0, 0.1) is 5.41 Å². The number of amides is 1. The Kier molecular flexibility index (Phi) is 5.22. The van der Waals surface area contributed by atoms with Crippen LogP contribution in [0.15, 0.2) is 30.3 Å². The fourth-order valence-corrected chi connectivity index (χ4v) is 4.29. The normalized spacial score (nSPS) is 18.3. The van der Waals surface area contributed by atoms with Gasteiger partial charge < -0.3 is 10.1 Å². The molecule has 134 valence electrons. The van der Waals surface area contributed by atoms with Gasteiger partial charge in [0.05, 0.1) is 11.8 Å². The number of carbonyl (C=O) groups excluding carboxylic acids is 1. The van der Waals surface area contributed by atoms with E-state index in [-0.39, 0.29) is 0 Å². The molecule has 7 heteroatoms. The van der Waals surface area contributed by atoms with E-state index in [9.17, 15) is 17.1 Å². The highest BCUT2D eigenvalue weighted by molar-refractivity contribution is 7.86. The number of hydrogen-bond acceptors (Lipinski definition) is 4. The maximum absolute atomic E-state index is 13.4. The number of carbonyl (C=O) groups is 1. The van der Waals surface area contributed by atoms with Crippen molar-refractivity contribution in [1.29, 1.82) is 0 Å². The minimum absolute atomic E-state index is 0.533. The predicted octanol–water partition coefficient (Wildman–Crippen LogP) is 3.72. The summed E-state index contributed by atoms with van der Waals surface area (Å²) in [6.07, 6.45) is 1.23. The number of alkyl carbamates (subject to hydrolysis) is 1. The number of benzene rings is 1. The molecule has 1 N–H and O–H groups in total. The Labute approximate surface area is 142 Å². The maximum atomic E-state index is 13.4. The van der Waals surface area contributed by atoms with Crippen LogP contribution in [0.1, 0.15) is 51.6 Å². The van der Waals surface area contributed by atoms with E-state index < -0.39 is 39.1 Å². The Balaban J connectivity index is 2.31. The molecule has 5 nitrogen and oxygen atoms in total. The summed E-state index contributed by atoms with van der Waals surface area (Å²) in [6.45, 7) is 5.24. The van der Waals surface area contributed by atoms with Crippen LogP contribution in [0.3, 0.4) is 0 Å². The number of rotatable bonds is 5. The van der Waals surface area contributed by atoms with E-state index in [0.29, 0.717) is 12.8 Å². The third-order valence-electron chi connectivity index (χ3n) is 4.22. The van der Waals surface area contributed by atoms with Gasteiger partial charge in [-0.25, -0.2) is 4.79 Å². The lowest BCUT2D eigenvalue weighted by molar-refractivity contribution is 0.0355. The number of ether oxygens (including phenoxy) is 1. The molecule has 1 aromatic rings. The minimum Gasteiger partial charge on any atom is -0.444 e. The van der Waals surface area contributed by atoms with E-state index in [1.807, 2.05) is 6.07 Å². The molecule has 0 aliphatic heterocycles. The van der Waals surface area contributed by atoms with Crippen molar-refractivity contribution in [1.82, 2.24) is 5.32 Å². The van der Waals surface area contributed by atoms with E-state index >= 15 is 0 Å². The van der Waals surface area contributed by atoms with Gasteiger partial charge in [0.2, 0.25) is 0 Å². The van der Waals surface area contributed by atoms with Crippen LogP contribution in [0.2, 0.25) is 0 Å². The van der Waals surface area contributed by atoms with Crippen molar-refractivity contribution in [3.63, 3.8) is 0 Å². The van der Waals surface area contributed by atoms with Crippen LogP contribution in [-0.2, 0) is 15.0 Å². The number of halogens is 1. The quantitative estimate of drug-likeness (QED) is 0.815. The molecule has 0 bridgehead atoms. The zero-order valence-corrected chi connectivity index (χ0v) is 15.0. The topological polar surface area (TPSA) is 72.5 Å². The van der Waals surface area contributed by atoms with Crippen LogP contribution < -0.4 is 5.32 Å². The van der Waals surface area contributed by atoms with E-state index in [2.05, 4.69) is 5.32 Å². The molecule has 0 aromatic heterocycles. The first-order chi connectivity index (χ1) is 11.0. The van der Waals surface area contributed by atoms with Crippen molar-refractivity contribution in [2.75, 3.05) is 5.75 Å². The third kappa shape index (κ3) is 4.93. The summed E-state index contributed by atoms with van der Waals surface area (Å²) in [4.78, 5) is 12.2. The zero-order chi connectivity index (χ0) is 18.0. The summed E-state index contributed by atoms with van der Waals surface area (Å²) in [5.41, 5.74) is -0.775. The Hall–Kier alpha value is -1.63. The van der Waals surface area contributed by atoms with Crippen LogP contribution in [0.5, 0.6) is 0 Å². The van der Waals surface area contributed by atoms with Gasteiger partial charge >= 0.3 is 16.3 Å². The van der Waals surface area contributed by atoms with Gasteiger partial charge in [-0.3, -0.25) is 0 Å². The van der Waals surface area contributed by atoms with Crippen molar-refractivity contribution in [3.8, 4) is 0 Å². The second-order valence-corrected chi connectivity index (χ2v) is 8.76. The second kappa shape index (κ2) is 6.70. The van der Waals surface area contributed by atoms with E-state index in [1.165, 1.54) is 0 Å². The lowest BCUT2D eigenvalue weighted by Gasteiger charge is -2.47. The molecule has 1 unspecified atom stereocenters. The SMILES string of the molecule is CC(C)(C)OC(=O)NC(c1ccccc1)C1(CS(=O)(=O)F)CCC1. The summed E-state index contributed by atoms with van der Waals surface area (Å²) >= 11 is 0. The van der Waals surface area contributed by atoms with Crippen molar-refractivity contribution < 1.29 is 21.8 Å². The zero-order valence-electron chi connectivity index (χ0n) is 14.2. The average molecular weight is 357 g/mol. The maximum Gasteiger partial charge on any atom is 0.408 e. The minimum atomic E-state index is -4.66. The average Bonchev–Trinajstić information content (AvgIpc) is 2.38. The molecule has 1 aliphatic carbocycles. The van der Waals surface area contributed by atoms with Gasteiger partial charge in [-0.05, 0) is 39.2 Å². The van der Waals surface area contributed by atoms with Gasteiger partial charge in [0.25, 0.3) is 0 Å². The Morgan fingerprint density at radius 2 is 1.88 bits per heavy atom. The van der Waals surface area contributed by atoms with Crippen LogP contribution in [-0.4, -0.2) is 25.9 Å². The standard InChI is InChI=1S/C17H24FNO4S/c1-16(2,3)23-15(20)19-14(13-8-5-4-6-9-13)17(10-7-11-17)12-24(18,21)22/h4-6,8-9,14H,7,10-12H2,1-3H3,(H,19,20). The summed E-state index contributed by atoms with van der Waals surface area (Å²) in [7, 11) is -4.66. The number of hydrogen-bond donors (Lipinski definition) is 1. The highest BCUT2D eigenvalue weighted by Crippen LogP contribution is 2.51. The molecule has 0 heterocycles. The Bertz CT molecular complexity index is 678. The monoisotopic (exact) mass is 357 g/mol. The summed E-state index contributed by atoms with van der Waals surface area (Å²) < 4.78 is 41.3. The van der Waals surface area contributed by atoms with E-state index in [0.717, 1.165) is 12.0 Å². The van der Waals surface area contributed by atoms with Crippen molar-refractivity contribution in [3.05, 3.63) is 35.9 Å². The molecular formula is C17H24FNO4S. The van der Waals surface area contributed by atoms with Crippen molar-refractivity contribution in [2.45, 2.75) is 51.7 Å². The molecule has 1 aliphatic rings. The molecule has 0 spiro atoms. The third-order valence-corrected chi connectivity index (χ3v) is 5.14. The number of nitrogens with one attached hydrogen (secondary N) is 1. The Morgan fingerprint density at radius 3 is 2.29 bits per heavy atom. The first-order valence-electron chi connectivity index (χ1n) is 7.98. The lowest BCUT2D eigenvalue weighted by atomic mass is 9.63. The molecule has 0 saturated heterocycles. The lowest BCUT2D eigenvalue weighted by Crippen LogP contribution is -2.49. The molecule has 24 heavy (non-hydrogen) atoms. The van der Waals surface area contributed by atoms with Crippen LogP contribution >= 0.6 is 0 Å². The molecule has 1 amide bonds. The van der Waals surface area contributed by atoms with Gasteiger partial charge in [0.15, 0.2) is 0 Å². The smallest absolute Gasteiger partial charge is 0.408 e. The van der Waals surface area contributed by atoms with Gasteiger partial charge in [-0.1, -0.05) is 36.8 Å². The first kappa shape index (κ1) is 18.7. The van der Waals surface area contributed by atoms with Crippen molar-refractivity contribution >= 4 is 16.3 Å².